The highest BCUT2D eigenvalue weighted by Gasteiger charge is 2.43. The Kier molecular flexibility index (Phi) is 1.37. The van der Waals surface area contributed by atoms with Gasteiger partial charge in [-0.2, -0.15) is 0 Å². The van der Waals surface area contributed by atoms with Gasteiger partial charge in [-0.1, -0.05) is 24.3 Å². The quantitative estimate of drug-likeness (QED) is 0.595. The maximum Gasteiger partial charge on any atom is 0.123 e. The fourth-order valence-electron chi connectivity index (χ4n) is 3.05. The molecule has 66 valence electrons. The predicted molar refractivity (Wildman–Crippen MR) is 50.7 cm³/mol. The molecule has 1 nitrogen and oxygen atoms in total. The molecule has 0 aliphatic heterocycles. The van der Waals surface area contributed by atoms with Crippen molar-refractivity contribution in [2.75, 3.05) is 0 Å². The summed E-state index contributed by atoms with van der Waals surface area (Å²) in [5.74, 6) is 1.52. The van der Waals surface area contributed by atoms with Crippen LogP contribution in [0.2, 0.25) is 0 Å². The fourth-order valence-corrected chi connectivity index (χ4v) is 3.05. The van der Waals surface area contributed by atoms with Gasteiger partial charge < -0.3 is 4.79 Å². The van der Waals surface area contributed by atoms with Crippen LogP contribution in [-0.2, 0) is 4.79 Å². The zero-order chi connectivity index (χ0) is 8.84. The Balaban J connectivity index is 2.11. The predicted octanol–water partition coefficient (Wildman–Crippen LogP) is 2.48. The first-order chi connectivity index (χ1) is 6.40. The van der Waals surface area contributed by atoms with Crippen molar-refractivity contribution < 1.29 is 4.79 Å². The average molecular weight is 172 g/mol. The number of hydrogen-bond acceptors (Lipinski definition) is 1. The number of carbonyl (C=O) groups excluding carboxylic acids is 1. The lowest BCUT2D eigenvalue weighted by Gasteiger charge is -2.19. The molecule has 13 heavy (non-hydrogen) atoms. The summed E-state index contributed by atoms with van der Waals surface area (Å²) < 4.78 is 0. The van der Waals surface area contributed by atoms with Gasteiger partial charge in [0.15, 0.2) is 0 Å². The molecule has 0 heterocycles. The van der Waals surface area contributed by atoms with Crippen molar-refractivity contribution in [2.24, 2.45) is 5.92 Å². The molecule has 1 fully saturated rings. The van der Waals surface area contributed by atoms with Gasteiger partial charge in [0.2, 0.25) is 0 Å². The summed E-state index contributed by atoms with van der Waals surface area (Å²) in [6, 6.07) is 8.60. The summed E-state index contributed by atoms with van der Waals surface area (Å²) in [5, 5.41) is 0. The molecule has 1 saturated carbocycles. The van der Waals surface area contributed by atoms with Crippen molar-refractivity contribution >= 4 is 6.29 Å². The third-order valence-electron chi connectivity index (χ3n) is 3.62. The van der Waals surface area contributed by atoms with Crippen LogP contribution in [0.5, 0.6) is 0 Å². The first kappa shape index (κ1) is 7.31. The van der Waals surface area contributed by atoms with E-state index in [1.807, 2.05) is 0 Å². The molecule has 0 aromatic heterocycles. The number of benzene rings is 1. The Morgan fingerprint density at radius 2 is 1.92 bits per heavy atom. The van der Waals surface area contributed by atoms with Crippen LogP contribution in [0.15, 0.2) is 24.3 Å². The van der Waals surface area contributed by atoms with Crippen LogP contribution in [0, 0.1) is 5.92 Å². The van der Waals surface area contributed by atoms with Crippen LogP contribution in [0.3, 0.4) is 0 Å². The molecule has 2 bridgehead atoms. The number of hydrogen-bond donors (Lipinski definition) is 0. The smallest absolute Gasteiger partial charge is 0.123 e. The van der Waals surface area contributed by atoms with Gasteiger partial charge in [0.05, 0.1) is 0 Å². The lowest BCUT2D eigenvalue weighted by Crippen LogP contribution is -2.11. The van der Waals surface area contributed by atoms with Crippen molar-refractivity contribution in [3.8, 4) is 0 Å². The third-order valence-corrected chi connectivity index (χ3v) is 3.62. The molecule has 1 aromatic carbocycles. The summed E-state index contributed by atoms with van der Waals surface area (Å²) in [6.45, 7) is 0. The zero-order valence-electron chi connectivity index (χ0n) is 7.44. The van der Waals surface area contributed by atoms with Gasteiger partial charge >= 0.3 is 0 Å². The summed E-state index contributed by atoms with van der Waals surface area (Å²) >= 11 is 0. The molecular formula is C12H12O. The molecule has 0 N–H and O–H groups in total. The largest absolute Gasteiger partial charge is 0.303 e. The molecule has 2 aliphatic rings. The van der Waals surface area contributed by atoms with Gasteiger partial charge in [-0.3, -0.25) is 0 Å². The van der Waals surface area contributed by atoms with Crippen LogP contribution < -0.4 is 0 Å². The second-order valence-corrected chi connectivity index (χ2v) is 4.20. The van der Waals surface area contributed by atoms with E-state index in [4.69, 9.17) is 0 Å². The number of carbonyl (C=O) groups is 1. The molecule has 0 amide bonds. The second kappa shape index (κ2) is 2.44. The summed E-state index contributed by atoms with van der Waals surface area (Å²) in [5.41, 5.74) is 2.95. The minimum Gasteiger partial charge on any atom is -0.303 e. The fraction of sp³-hybridized carbons (Fsp3) is 0.417. The van der Waals surface area contributed by atoms with Crippen LogP contribution in [-0.4, -0.2) is 6.29 Å². The van der Waals surface area contributed by atoms with E-state index in [-0.39, 0.29) is 0 Å². The average Bonchev–Trinajstić information content (AvgIpc) is 2.75. The SMILES string of the molecule is O=CC1CC2CC1c1ccccc12. The van der Waals surface area contributed by atoms with E-state index in [1.54, 1.807) is 0 Å². The van der Waals surface area contributed by atoms with Gasteiger partial charge in [0.25, 0.3) is 0 Å². The Bertz CT molecular complexity index is 356. The normalized spacial score (nSPS) is 34.6. The lowest BCUT2D eigenvalue weighted by atomic mass is 9.85. The summed E-state index contributed by atoms with van der Waals surface area (Å²) in [4.78, 5) is 10.8. The van der Waals surface area contributed by atoms with Gasteiger partial charge in [0.1, 0.15) is 6.29 Å². The van der Waals surface area contributed by atoms with Crippen molar-refractivity contribution in [3.63, 3.8) is 0 Å². The first-order valence-corrected chi connectivity index (χ1v) is 4.94. The minimum atomic E-state index is 0.305. The highest BCUT2D eigenvalue weighted by Crippen LogP contribution is 2.55. The van der Waals surface area contributed by atoms with E-state index in [2.05, 4.69) is 24.3 Å². The molecule has 1 aromatic rings. The maximum atomic E-state index is 10.8. The molecule has 2 aliphatic carbocycles. The van der Waals surface area contributed by atoms with Crippen LogP contribution in [0.25, 0.3) is 0 Å². The molecule has 3 unspecified atom stereocenters. The van der Waals surface area contributed by atoms with Crippen LogP contribution in [0.1, 0.15) is 35.8 Å². The van der Waals surface area contributed by atoms with Crippen molar-refractivity contribution in [1.29, 1.82) is 0 Å². The second-order valence-electron chi connectivity index (χ2n) is 4.20. The number of aldehydes is 1. The monoisotopic (exact) mass is 172 g/mol. The Hall–Kier alpha value is -1.11. The Morgan fingerprint density at radius 3 is 2.69 bits per heavy atom. The zero-order valence-corrected chi connectivity index (χ0v) is 7.44. The van der Waals surface area contributed by atoms with E-state index < -0.39 is 0 Å². The number of fused-ring (bicyclic) bond motifs is 5. The van der Waals surface area contributed by atoms with E-state index in [0.717, 1.165) is 12.7 Å². The van der Waals surface area contributed by atoms with E-state index in [9.17, 15) is 4.79 Å². The highest BCUT2D eigenvalue weighted by molar-refractivity contribution is 5.60. The number of rotatable bonds is 1. The first-order valence-electron chi connectivity index (χ1n) is 4.94. The van der Waals surface area contributed by atoms with E-state index in [0.29, 0.717) is 17.8 Å². The van der Waals surface area contributed by atoms with Crippen LogP contribution in [0.4, 0.5) is 0 Å². The van der Waals surface area contributed by atoms with E-state index >= 15 is 0 Å². The Labute approximate surface area is 77.8 Å². The molecule has 3 atom stereocenters. The topological polar surface area (TPSA) is 17.1 Å². The highest BCUT2D eigenvalue weighted by atomic mass is 16.1. The molecule has 0 radical (unpaired) electrons. The third kappa shape index (κ3) is 0.846. The summed E-state index contributed by atoms with van der Waals surface area (Å²) in [7, 11) is 0. The molecule has 3 rings (SSSR count). The molecule has 0 spiro atoms. The van der Waals surface area contributed by atoms with Gasteiger partial charge in [-0.25, -0.2) is 0 Å². The van der Waals surface area contributed by atoms with Crippen molar-refractivity contribution in [2.45, 2.75) is 24.7 Å². The van der Waals surface area contributed by atoms with Crippen molar-refractivity contribution in [3.05, 3.63) is 35.4 Å². The molecule has 0 saturated heterocycles. The van der Waals surface area contributed by atoms with Gasteiger partial charge in [-0.05, 0) is 35.8 Å². The standard InChI is InChI=1S/C12H12O/c13-7-9-5-8-6-12(9)11-4-2-1-3-10(8)11/h1-4,7-9,12H,5-6H2. The minimum absolute atomic E-state index is 0.305. The molecule has 1 heteroatoms. The summed E-state index contributed by atoms with van der Waals surface area (Å²) in [6.07, 6.45) is 3.45. The van der Waals surface area contributed by atoms with Crippen molar-refractivity contribution in [1.82, 2.24) is 0 Å². The maximum absolute atomic E-state index is 10.8. The molecular weight excluding hydrogens is 160 g/mol. The van der Waals surface area contributed by atoms with Crippen LogP contribution >= 0.6 is 0 Å². The van der Waals surface area contributed by atoms with E-state index in [1.165, 1.54) is 17.5 Å². The Morgan fingerprint density at radius 1 is 1.15 bits per heavy atom. The lowest BCUT2D eigenvalue weighted by molar-refractivity contribution is -0.111. The van der Waals surface area contributed by atoms with Gasteiger partial charge in [-0.15, -0.1) is 0 Å². The van der Waals surface area contributed by atoms with Gasteiger partial charge in [0, 0.05) is 5.92 Å².